The van der Waals surface area contributed by atoms with Crippen molar-refractivity contribution in [3.05, 3.63) is 63.7 Å². The summed E-state index contributed by atoms with van der Waals surface area (Å²) >= 11 is 0. The number of imidazole rings is 1. The van der Waals surface area contributed by atoms with Crippen molar-refractivity contribution in [2.75, 3.05) is 7.11 Å². The summed E-state index contributed by atoms with van der Waals surface area (Å²) in [7, 11) is 1.64. The van der Waals surface area contributed by atoms with Gasteiger partial charge in [-0.05, 0) is 26.0 Å². The molecule has 4 rings (SSSR count). The predicted molar refractivity (Wildman–Crippen MR) is 98.0 cm³/mol. The Morgan fingerprint density at radius 2 is 1.92 bits per heavy atom. The molecule has 3 aromatic heterocycles. The number of rotatable bonds is 3. The number of para-hydroxylation sites is 2. The molecule has 0 atom stereocenters. The molecule has 7 heteroatoms. The van der Waals surface area contributed by atoms with Crippen molar-refractivity contribution in [2.45, 2.75) is 20.4 Å². The molecule has 4 aromatic rings. The van der Waals surface area contributed by atoms with E-state index in [0.717, 1.165) is 39.7 Å². The smallest absolute Gasteiger partial charge is 0.263 e. The molecule has 7 nitrogen and oxygen atoms in total. The lowest BCUT2D eigenvalue weighted by Gasteiger charge is -2.13. The minimum atomic E-state index is -0.325. The van der Waals surface area contributed by atoms with Gasteiger partial charge in [-0.3, -0.25) is 9.78 Å². The molecule has 0 aliphatic carbocycles. The summed E-state index contributed by atoms with van der Waals surface area (Å²) in [6.07, 6.45) is 1.77. The number of pyridine rings is 1. The molecule has 0 amide bonds. The Morgan fingerprint density at radius 3 is 2.65 bits per heavy atom. The minimum absolute atomic E-state index is 0.301. The molecule has 0 aliphatic rings. The summed E-state index contributed by atoms with van der Waals surface area (Å²) in [4.78, 5) is 21.1. The largest absolute Gasteiger partial charge is 0.496 e. The maximum absolute atomic E-state index is 12.4. The van der Waals surface area contributed by atoms with Gasteiger partial charge in [-0.25, -0.2) is 4.40 Å². The summed E-state index contributed by atoms with van der Waals surface area (Å²) in [6.45, 7) is 4.30. The van der Waals surface area contributed by atoms with Crippen molar-refractivity contribution < 1.29 is 9.84 Å². The fourth-order valence-corrected chi connectivity index (χ4v) is 3.39. The summed E-state index contributed by atoms with van der Waals surface area (Å²) < 4.78 is 8.86. The maximum Gasteiger partial charge on any atom is 0.263 e. The number of ether oxygens (including phenoxy) is 1. The van der Waals surface area contributed by atoms with Crippen LogP contribution in [0.25, 0.3) is 16.8 Å². The van der Waals surface area contributed by atoms with E-state index in [-0.39, 0.29) is 11.4 Å². The monoisotopic (exact) mass is 350 g/mol. The molecule has 0 bridgehead atoms. The van der Waals surface area contributed by atoms with Crippen LogP contribution in [0.1, 0.15) is 16.8 Å². The second kappa shape index (κ2) is 5.87. The molecule has 0 spiro atoms. The van der Waals surface area contributed by atoms with Crippen LogP contribution in [0.3, 0.4) is 0 Å². The number of nitrogens with zero attached hydrogens (tertiary/aromatic N) is 4. The van der Waals surface area contributed by atoms with E-state index in [1.807, 2.05) is 42.7 Å². The fourth-order valence-electron chi connectivity index (χ4n) is 3.39. The number of aromatic hydroxyl groups is 1. The zero-order valence-corrected chi connectivity index (χ0v) is 14.7. The van der Waals surface area contributed by atoms with Crippen LogP contribution >= 0.6 is 0 Å². The summed E-state index contributed by atoms with van der Waals surface area (Å²) in [6, 6.07) is 8.65. The molecule has 132 valence electrons. The molecule has 1 N–H and O–H groups in total. The second-order valence-electron chi connectivity index (χ2n) is 6.21. The number of benzene rings is 1. The van der Waals surface area contributed by atoms with Crippen molar-refractivity contribution in [3.8, 4) is 11.6 Å². The SMILES string of the molecule is COc1c(C)cnc(Cn2c3ccccc3n3c(=O)cc(O)nc23)c1C. The van der Waals surface area contributed by atoms with Crippen molar-refractivity contribution in [2.24, 2.45) is 0 Å². The molecule has 0 saturated heterocycles. The zero-order valence-electron chi connectivity index (χ0n) is 14.7. The second-order valence-corrected chi connectivity index (χ2v) is 6.21. The Hall–Kier alpha value is -3.35. The molecule has 1 aromatic carbocycles. The van der Waals surface area contributed by atoms with Gasteiger partial charge in [-0.15, -0.1) is 0 Å². The Labute approximate surface area is 149 Å². The lowest BCUT2D eigenvalue weighted by Crippen LogP contribution is -2.14. The van der Waals surface area contributed by atoms with Crippen LogP contribution in [0, 0.1) is 13.8 Å². The van der Waals surface area contributed by atoms with Gasteiger partial charge in [0.25, 0.3) is 5.56 Å². The van der Waals surface area contributed by atoms with E-state index in [1.54, 1.807) is 13.3 Å². The van der Waals surface area contributed by atoms with E-state index in [1.165, 1.54) is 4.40 Å². The Bertz CT molecular complexity index is 1210. The van der Waals surface area contributed by atoms with Gasteiger partial charge in [0.1, 0.15) is 5.75 Å². The van der Waals surface area contributed by atoms with Gasteiger partial charge in [0, 0.05) is 17.3 Å². The zero-order chi connectivity index (χ0) is 18.4. The summed E-state index contributed by atoms with van der Waals surface area (Å²) in [5, 5.41) is 9.83. The normalized spacial score (nSPS) is 11.3. The average molecular weight is 350 g/mol. The topological polar surface area (TPSA) is 81.7 Å². The van der Waals surface area contributed by atoms with Crippen LogP contribution in [0.15, 0.2) is 41.3 Å². The Morgan fingerprint density at radius 1 is 1.19 bits per heavy atom. The number of aromatic nitrogens is 4. The van der Waals surface area contributed by atoms with Crippen molar-refractivity contribution in [3.63, 3.8) is 0 Å². The standard InChI is InChI=1S/C19H18N4O3/c1-11-9-20-13(12(2)18(11)26-3)10-22-14-6-4-5-7-15(14)23-17(25)8-16(24)21-19(22)23/h4-9,24H,10H2,1-3H3. The molecular weight excluding hydrogens is 332 g/mol. The summed E-state index contributed by atoms with van der Waals surface area (Å²) in [5.41, 5.74) is 3.95. The first-order valence-corrected chi connectivity index (χ1v) is 8.20. The molecular formula is C19H18N4O3. The molecule has 3 heterocycles. The number of fused-ring (bicyclic) bond motifs is 3. The highest BCUT2D eigenvalue weighted by atomic mass is 16.5. The van der Waals surface area contributed by atoms with Crippen molar-refractivity contribution in [1.29, 1.82) is 0 Å². The van der Waals surface area contributed by atoms with E-state index in [4.69, 9.17) is 4.74 Å². The van der Waals surface area contributed by atoms with Gasteiger partial charge < -0.3 is 14.4 Å². The number of aryl methyl sites for hydroxylation is 1. The van der Waals surface area contributed by atoms with E-state index in [2.05, 4.69) is 9.97 Å². The third-order valence-electron chi connectivity index (χ3n) is 4.60. The predicted octanol–water partition coefficient (Wildman–Crippen LogP) is 2.42. The lowest BCUT2D eigenvalue weighted by molar-refractivity contribution is 0.406. The average Bonchev–Trinajstić information content (AvgIpc) is 2.92. The van der Waals surface area contributed by atoms with E-state index in [9.17, 15) is 9.90 Å². The van der Waals surface area contributed by atoms with Gasteiger partial charge >= 0.3 is 0 Å². The quantitative estimate of drug-likeness (QED) is 0.614. The first-order valence-electron chi connectivity index (χ1n) is 8.20. The third kappa shape index (κ3) is 2.32. The summed E-state index contributed by atoms with van der Waals surface area (Å²) in [5.74, 6) is 0.867. The van der Waals surface area contributed by atoms with Crippen LogP contribution in [0.5, 0.6) is 11.6 Å². The first-order chi connectivity index (χ1) is 12.5. The molecule has 0 fully saturated rings. The highest BCUT2D eigenvalue weighted by molar-refractivity contribution is 5.80. The molecule has 0 saturated carbocycles. The van der Waals surface area contributed by atoms with Crippen molar-refractivity contribution in [1.82, 2.24) is 18.9 Å². The number of hydrogen-bond acceptors (Lipinski definition) is 5. The Balaban J connectivity index is 2.01. The van der Waals surface area contributed by atoms with Gasteiger partial charge in [-0.1, -0.05) is 12.1 Å². The highest BCUT2D eigenvalue weighted by Gasteiger charge is 2.17. The van der Waals surface area contributed by atoms with Crippen LogP contribution in [-0.4, -0.2) is 31.2 Å². The fraction of sp³-hybridized carbons (Fsp3) is 0.211. The van der Waals surface area contributed by atoms with Gasteiger partial charge in [0.05, 0.1) is 36.4 Å². The van der Waals surface area contributed by atoms with Gasteiger partial charge in [0.2, 0.25) is 11.7 Å². The molecule has 0 unspecified atom stereocenters. The van der Waals surface area contributed by atoms with Crippen LogP contribution in [-0.2, 0) is 6.54 Å². The maximum atomic E-state index is 12.4. The van der Waals surface area contributed by atoms with Gasteiger partial charge in [0.15, 0.2) is 0 Å². The number of methoxy groups -OCH3 is 1. The first kappa shape index (κ1) is 16.1. The van der Waals surface area contributed by atoms with Crippen LogP contribution < -0.4 is 10.3 Å². The lowest BCUT2D eigenvalue weighted by atomic mass is 10.1. The third-order valence-corrected chi connectivity index (χ3v) is 4.60. The molecule has 0 aliphatic heterocycles. The molecule has 26 heavy (non-hydrogen) atoms. The van der Waals surface area contributed by atoms with E-state index in [0.29, 0.717) is 12.3 Å². The van der Waals surface area contributed by atoms with Gasteiger partial charge in [-0.2, -0.15) is 4.98 Å². The Kier molecular flexibility index (Phi) is 3.64. The van der Waals surface area contributed by atoms with Crippen LogP contribution in [0.4, 0.5) is 0 Å². The van der Waals surface area contributed by atoms with Crippen molar-refractivity contribution >= 4 is 16.8 Å². The van der Waals surface area contributed by atoms with E-state index >= 15 is 0 Å². The van der Waals surface area contributed by atoms with Crippen LogP contribution in [0.2, 0.25) is 0 Å². The number of hydrogen-bond donors (Lipinski definition) is 1. The highest BCUT2D eigenvalue weighted by Crippen LogP contribution is 2.26. The van der Waals surface area contributed by atoms with E-state index < -0.39 is 0 Å². The molecule has 0 radical (unpaired) electrons. The minimum Gasteiger partial charge on any atom is -0.496 e.